The lowest BCUT2D eigenvalue weighted by Gasteiger charge is -2.24. The number of nitrogens with zero attached hydrogens (tertiary/aromatic N) is 2. The molecule has 1 aromatic heterocycles. The molecule has 5 nitrogen and oxygen atoms in total. The summed E-state index contributed by atoms with van der Waals surface area (Å²) < 4.78 is 21.9. The van der Waals surface area contributed by atoms with Crippen molar-refractivity contribution in [2.24, 2.45) is 0 Å². The second-order valence-electron chi connectivity index (χ2n) is 2.57. The van der Waals surface area contributed by atoms with E-state index in [1.54, 1.807) is 13.8 Å². The molecule has 0 aliphatic rings. The summed E-state index contributed by atoms with van der Waals surface area (Å²) in [5.41, 5.74) is -0.965. The van der Waals surface area contributed by atoms with E-state index < -0.39 is 5.53 Å². The summed E-state index contributed by atoms with van der Waals surface area (Å²) in [7, 11) is -0.296. The normalized spacial score (nSPS) is 11.9. The molecule has 0 bridgehead atoms. The molecule has 1 aromatic rings. The quantitative estimate of drug-likeness (QED) is 0.547. The van der Waals surface area contributed by atoms with Gasteiger partial charge in [-0.1, -0.05) is 0 Å². The monoisotopic (exact) mass is 227 g/mol. The van der Waals surface area contributed by atoms with E-state index in [2.05, 4.69) is 16.2 Å². The first kappa shape index (κ1) is 12.2. The summed E-state index contributed by atoms with van der Waals surface area (Å²) in [5, 5.41) is 0. The lowest BCUT2D eigenvalue weighted by atomic mass is 10.4. The number of hydrogen-bond acceptors (Lipinski definition) is 5. The van der Waals surface area contributed by atoms with Gasteiger partial charge in [-0.2, -0.15) is 0 Å². The molecule has 0 saturated carbocycles. The van der Waals surface area contributed by atoms with E-state index in [0.29, 0.717) is 18.9 Å². The summed E-state index contributed by atoms with van der Waals surface area (Å²) >= 11 is 0. The fourth-order valence-electron chi connectivity index (χ4n) is 1.11. The van der Waals surface area contributed by atoms with Gasteiger partial charge in [0.1, 0.15) is 11.9 Å². The fourth-order valence-corrected chi connectivity index (χ4v) is 1.68. The van der Waals surface area contributed by atoms with Crippen LogP contribution in [-0.2, 0) is 19.6 Å². The summed E-state index contributed by atoms with van der Waals surface area (Å²) in [6, 6.07) is 0. The standard InChI is InChI=1S/C9H12N2O3P/c1-3-13-9(15-12,14-4-2)8-7-10-5-6-11-8/h6-7H,3-4H2,1-2H3. The molecular weight excluding hydrogens is 215 g/mol. The first-order valence-corrected chi connectivity index (χ1v) is 5.41. The van der Waals surface area contributed by atoms with Crippen LogP contribution in [0.3, 0.4) is 0 Å². The Morgan fingerprint density at radius 2 is 2.13 bits per heavy atom. The van der Waals surface area contributed by atoms with E-state index in [9.17, 15) is 4.57 Å². The lowest BCUT2D eigenvalue weighted by molar-refractivity contribution is -0.179. The molecule has 0 atom stereocenters. The fraction of sp³-hybridized carbons (Fsp3) is 0.556. The second kappa shape index (κ2) is 5.85. The van der Waals surface area contributed by atoms with Crippen LogP contribution in [0.1, 0.15) is 19.5 Å². The maximum Gasteiger partial charge on any atom is 0.297 e. The van der Waals surface area contributed by atoms with E-state index in [4.69, 9.17) is 9.47 Å². The molecule has 0 aliphatic heterocycles. The van der Waals surface area contributed by atoms with E-state index in [1.807, 2.05) is 0 Å². The molecule has 1 heterocycles. The Morgan fingerprint density at radius 3 is 2.53 bits per heavy atom. The van der Waals surface area contributed by atoms with Gasteiger partial charge >= 0.3 is 0 Å². The van der Waals surface area contributed by atoms with Crippen molar-refractivity contribution < 1.29 is 14.0 Å². The Labute approximate surface area is 90.0 Å². The van der Waals surface area contributed by atoms with E-state index >= 15 is 0 Å². The average molecular weight is 227 g/mol. The van der Waals surface area contributed by atoms with Crippen LogP contribution in [-0.4, -0.2) is 23.2 Å². The van der Waals surface area contributed by atoms with Crippen molar-refractivity contribution in [3.8, 4) is 0 Å². The zero-order valence-electron chi connectivity index (χ0n) is 8.64. The molecule has 0 spiro atoms. The third-order valence-corrected chi connectivity index (χ3v) is 2.37. The van der Waals surface area contributed by atoms with Crippen molar-refractivity contribution in [3.05, 3.63) is 24.3 Å². The van der Waals surface area contributed by atoms with Crippen molar-refractivity contribution in [2.45, 2.75) is 19.4 Å². The van der Waals surface area contributed by atoms with E-state index in [-0.39, 0.29) is 8.46 Å². The van der Waals surface area contributed by atoms with Crippen LogP contribution in [0.4, 0.5) is 0 Å². The van der Waals surface area contributed by atoms with Gasteiger partial charge in [-0.05, 0) is 13.8 Å². The van der Waals surface area contributed by atoms with Crippen molar-refractivity contribution in [2.75, 3.05) is 13.2 Å². The molecule has 0 fully saturated rings. The molecule has 0 saturated heterocycles. The van der Waals surface area contributed by atoms with Crippen molar-refractivity contribution >= 4 is 8.46 Å². The average Bonchev–Trinajstić information content (AvgIpc) is 2.30. The zero-order chi connectivity index (χ0) is 11.1. The van der Waals surface area contributed by atoms with Crippen LogP contribution in [0.15, 0.2) is 12.4 Å². The number of aromatic nitrogens is 2. The Bertz CT molecular complexity index is 301. The van der Waals surface area contributed by atoms with Crippen LogP contribution >= 0.6 is 8.46 Å². The Morgan fingerprint density at radius 1 is 1.47 bits per heavy atom. The third-order valence-electron chi connectivity index (χ3n) is 1.65. The lowest BCUT2D eigenvalue weighted by Crippen LogP contribution is -2.28. The Hall–Kier alpha value is -0.900. The Kier molecular flexibility index (Phi) is 4.75. The van der Waals surface area contributed by atoms with Crippen LogP contribution in [0.25, 0.3) is 0 Å². The van der Waals surface area contributed by atoms with Gasteiger partial charge in [-0.3, -0.25) is 14.5 Å². The predicted molar refractivity (Wildman–Crippen MR) is 53.4 cm³/mol. The Balaban J connectivity index is 3.03. The molecule has 0 amide bonds. The number of ether oxygens (including phenoxy) is 2. The van der Waals surface area contributed by atoms with Crippen molar-refractivity contribution in [1.82, 2.24) is 9.97 Å². The number of hydrogen-bond donors (Lipinski definition) is 0. The highest BCUT2D eigenvalue weighted by Gasteiger charge is 2.37. The molecule has 0 aliphatic carbocycles. The van der Waals surface area contributed by atoms with E-state index in [0.717, 1.165) is 0 Å². The molecule has 0 N–H and O–H groups in total. The zero-order valence-corrected chi connectivity index (χ0v) is 9.53. The maximum atomic E-state index is 11.2. The highest BCUT2D eigenvalue weighted by atomic mass is 31.1. The highest BCUT2D eigenvalue weighted by molar-refractivity contribution is 7.24. The molecule has 0 unspecified atom stereocenters. The summed E-state index contributed by atoms with van der Waals surface area (Å²) in [5.74, 6) is 0. The van der Waals surface area contributed by atoms with Gasteiger partial charge in [0.05, 0.1) is 12.4 Å². The van der Waals surface area contributed by atoms with Crippen LogP contribution < -0.4 is 0 Å². The summed E-state index contributed by atoms with van der Waals surface area (Å²) in [4.78, 5) is 7.76. The van der Waals surface area contributed by atoms with Crippen LogP contribution in [0, 0.1) is 6.20 Å². The minimum absolute atomic E-state index is 0.296. The predicted octanol–water partition coefficient (Wildman–Crippen LogP) is 1.75. The smallest absolute Gasteiger partial charge is 0.297 e. The van der Waals surface area contributed by atoms with E-state index in [1.165, 1.54) is 12.4 Å². The maximum absolute atomic E-state index is 11.2. The largest absolute Gasteiger partial charge is 0.336 e. The van der Waals surface area contributed by atoms with Gasteiger partial charge in [0.25, 0.3) is 5.53 Å². The minimum atomic E-state index is -1.34. The minimum Gasteiger partial charge on any atom is -0.336 e. The van der Waals surface area contributed by atoms with Crippen LogP contribution in [0.2, 0.25) is 0 Å². The molecular formula is C9H12N2O3P. The molecule has 0 aromatic carbocycles. The molecule has 15 heavy (non-hydrogen) atoms. The number of rotatable bonds is 6. The first-order valence-electron chi connectivity index (χ1n) is 4.60. The summed E-state index contributed by atoms with van der Waals surface area (Å²) in [6.45, 7) is 4.33. The van der Waals surface area contributed by atoms with Crippen molar-refractivity contribution in [1.29, 1.82) is 0 Å². The van der Waals surface area contributed by atoms with Gasteiger partial charge < -0.3 is 9.47 Å². The summed E-state index contributed by atoms with van der Waals surface area (Å²) in [6.07, 6.45) is 5.34. The topological polar surface area (TPSA) is 61.3 Å². The van der Waals surface area contributed by atoms with Gasteiger partial charge in [-0.25, -0.2) is 0 Å². The molecule has 1 radical (unpaired) electrons. The van der Waals surface area contributed by atoms with Gasteiger partial charge in [-0.15, -0.1) is 0 Å². The highest BCUT2D eigenvalue weighted by Crippen LogP contribution is 2.36. The van der Waals surface area contributed by atoms with Gasteiger partial charge in [0.2, 0.25) is 8.46 Å². The molecule has 6 heteroatoms. The SMILES string of the molecule is CCOC(OCC)(P=O)c1cn[c]cn1. The first-order chi connectivity index (χ1) is 7.29. The van der Waals surface area contributed by atoms with Crippen LogP contribution in [0.5, 0.6) is 0 Å². The van der Waals surface area contributed by atoms with Gasteiger partial charge in [0.15, 0.2) is 0 Å². The molecule has 81 valence electrons. The molecule has 1 rings (SSSR count). The second-order valence-corrected chi connectivity index (χ2v) is 3.34. The van der Waals surface area contributed by atoms with Gasteiger partial charge in [0, 0.05) is 13.2 Å². The third kappa shape index (κ3) is 2.78. The van der Waals surface area contributed by atoms with Crippen molar-refractivity contribution in [3.63, 3.8) is 0 Å².